The van der Waals surface area contributed by atoms with Gasteiger partial charge in [0.1, 0.15) is 5.84 Å². The van der Waals surface area contributed by atoms with E-state index in [1.807, 2.05) is 30.4 Å². The molecule has 0 rings (SSSR count). The smallest absolute Gasteiger partial charge is 0.192 e. The Bertz CT molecular complexity index is 704. The van der Waals surface area contributed by atoms with Gasteiger partial charge in [0, 0.05) is 6.42 Å². The number of oxime groups is 1. The Labute approximate surface area is 222 Å². The molecule has 0 fully saturated rings. The predicted molar refractivity (Wildman–Crippen MR) is 154 cm³/mol. The topological polar surface area (TPSA) is 119 Å². The van der Waals surface area contributed by atoms with Gasteiger partial charge < -0.3 is 29.3 Å². The highest BCUT2D eigenvalue weighted by atomic mass is 28.4. The third-order valence-corrected chi connectivity index (χ3v) is 15.4. The predicted octanol–water partition coefficient (Wildman–Crippen LogP) is 6.21. The highest BCUT2D eigenvalue weighted by Gasteiger charge is 2.37. The van der Waals surface area contributed by atoms with Gasteiger partial charge in [-0.15, -0.1) is 0 Å². The molecule has 0 aliphatic carbocycles. The summed E-state index contributed by atoms with van der Waals surface area (Å²) in [6.45, 7) is 25.6. The van der Waals surface area contributed by atoms with Crippen LogP contribution in [0.15, 0.2) is 29.5 Å². The lowest BCUT2D eigenvalue weighted by Gasteiger charge is -2.35. The summed E-state index contributed by atoms with van der Waals surface area (Å²) in [6, 6.07) is 2.04. The van der Waals surface area contributed by atoms with Gasteiger partial charge in [-0.1, -0.05) is 71.0 Å². The summed E-state index contributed by atoms with van der Waals surface area (Å²) >= 11 is 0. The molecule has 0 saturated carbocycles. The zero-order valence-electron chi connectivity index (χ0n) is 24.5. The van der Waals surface area contributed by atoms with Gasteiger partial charge in [0.25, 0.3) is 0 Å². The first-order valence-corrected chi connectivity index (χ1v) is 18.4. The zero-order valence-corrected chi connectivity index (χ0v) is 26.5. The average molecular weight is 544 g/mol. The lowest BCUT2D eigenvalue weighted by atomic mass is 10.2. The first-order valence-electron chi connectivity index (χ1n) is 12.6. The second-order valence-electron chi connectivity index (χ2n) is 11.5. The van der Waals surface area contributed by atoms with Gasteiger partial charge in [0.15, 0.2) is 16.6 Å². The molecule has 0 aliphatic rings. The Morgan fingerprint density at radius 2 is 1.19 bits per heavy atom. The van der Waals surface area contributed by atoms with E-state index in [-0.39, 0.29) is 15.9 Å². The Kier molecular flexibility index (Phi) is 19.1. The van der Waals surface area contributed by atoms with Gasteiger partial charge in [-0.3, -0.25) is 0 Å². The van der Waals surface area contributed by atoms with Gasteiger partial charge in [-0.05, 0) is 36.3 Å². The molecule has 0 atom stereocenters. The molecule has 0 spiro atoms. The van der Waals surface area contributed by atoms with Crippen molar-refractivity contribution in [2.75, 3.05) is 39.6 Å². The van der Waals surface area contributed by atoms with Crippen LogP contribution >= 0.6 is 0 Å². The van der Waals surface area contributed by atoms with Crippen LogP contribution in [0.25, 0.3) is 0 Å². The summed E-state index contributed by atoms with van der Waals surface area (Å²) in [7, 11) is -3.27. The molecule has 0 aromatic carbocycles. The minimum absolute atomic E-state index is 0.185. The van der Waals surface area contributed by atoms with Crippen LogP contribution in [-0.4, -0.2) is 67.3 Å². The average Bonchev–Trinajstić information content (AvgIpc) is 2.76. The lowest BCUT2D eigenvalue weighted by molar-refractivity contribution is 0.168. The van der Waals surface area contributed by atoms with Gasteiger partial charge in [-0.2, -0.15) is 5.26 Å². The van der Waals surface area contributed by atoms with E-state index in [4.69, 9.17) is 34.5 Å². The molecule has 36 heavy (non-hydrogen) atoms. The zero-order chi connectivity index (χ0) is 28.3. The lowest BCUT2D eigenvalue weighted by Crippen LogP contribution is -2.40. The number of hydrogen-bond donors (Lipinski definition) is 2. The van der Waals surface area contributed by atoms with E-state index in [1.165, 1.54) is 0 Å². The van der Waals surface area contributed by atoms with E-state index in [0.717, 1.165) is 0 Å². The highest BCUT2D eigenvalue weighted by Crippen LogP contribution is 2.37. The molecule has 0 saturated heterocycles. The second kappa shape index (κ2) is 18.7. The molecule has 0 unspecified atom stereocenters. The van der Waals surface area contributed by atoms with Crippen molar-refractivity contribution in [3.05, 3.63) is 24.3 Å². The number of rotatable bonds is 15. The van der Waals surface area contributed by atoms with Crippen molar-refractivity contribution >= 4 is 22.5 Å². The molecule has 0 amide bonds. The van der Waals surface area contributed by atoms with Gasteiger partial charge in [0.2, 0.25) is 0 Å². The molecule has 0 aliphatic heterocycles. The number of hydrogen-bond acceptors (Lipinski definition) is 7. The van der Waals surface area contributed by atoms with E-state index in [0.29, 0.717) is 52.5 Å². The Morgan fingerprint density at radius 1 is 0.806 bits per heavy atom. The fraction of sp³-hybridized carbons (Fsp3) is 0.769. The van der Waals surface area contributed by atoms with Crippen LogP contribution < -0.4 is 5.73 Å². The van der Waals surface area contributed by atoms with Crippen molar-refractivity contribution in [3.8, 4) is 6.07 Å². The second-order valence-corrected chi connectivity index (χ2v) is 21.1. The molecule has 210 valence electrons. The van der Waals surface area contributed by atoms with Gasteiger partial charge >= 0.3 is 0 Å². The van der Waals surface area contributed by atoms with Crippen LogP contribution in [0.1, 0.15) is 54.4 Å². The summed E-state index contributed by atoms with van der Waals surface area (Å²) in [5, 5.41) is 20.0. The first-order chi connectivity index (χ1) is 16.5. The van der Waals surface area contributed by atoms with Crippen molar-refractivity contribution in [1.29, 1.82) is 5.26 Å². The Balaban J connectivity index is 0. The molecular weight excluding hydrogens is 490 g/mol. The van der Waals surface area contributed by atoms with Crippen molar-refractivity contribution in [2.45, 2.75) is 90.6 Å². The van der Waals surface area contributed by atoms with Crippen LogP contribution in [0.2, 0.25) is 36.3 Å². The van der Waals surface area contributed by atoms with Crippen LogP contribution in [0, 0.1) is 11.3 Å². The molecule has 10 heteroatoms. The van der Waals surface area contributed by atoms with Crippen LogP contribution in [-0.2, 0) is 18.3 Å². The van der Waals surface area contributed by atoms with Crippen molar-refractivity contribution in [1.82, 2.24) is 0 Å². The molecular formula is C26H53N3O5Si2. The summed E-state index contributed by atoms with van der Waals surface area (Å²) in [4.78, 5) is 0. The summed E-state index contributed by atoms with van der Waals surface area (Å²) < 4.78 is 22.5. The largest absolute Gasteiger partial charge is 0.413 e. The summed E-state index contributed by atoms with van der Waals surface area (Å²) in [5.41, 5.74) is 5.31. The maximum absolute atomic E-state index is 8.33. The van der Waals surface area contributed by atoms with Gasteiger partial charge in [0.05, 0.1) is 52.1 Å². The number of nitrogens with zero attached hydrogens (tertiary/aromatic N) is 2. The molecule has 0 aromatic rings. The number of amidine groups is 1. The maximum atomic E-state index is 8.33. The standard InChI is InChI=1S/C13H28N2O3Si.C13H25NO2Si/c1-13(2,3)19(4,5)18-10-7-6-9-17-11-8-12(14)15-16;1-13(2,3)17(4,5)16-12-7-6-10-15-11-8-9-14/h6-7,16H,8-11H2,1-5H3,(H2,14,15);6-7H,8,10-12H2,1-5H3/b2*7-6-. The van der Waals surface area contributed by atoms with Crippen molar-refractivity contribution in [3.63, 3.8) is 0 Å². The van der Waals surface area contributed by atoms with Crippen molar-refractivity contribution < 1.29 is 23.5 Å². The fourth-order valence-electron chi connectivity index (χ4n) is 1.87. The summed E-state index contributed by atoms with van der Waals surface area (Å²) in [6.07, 6.45) is 8.74. The third kappa shape index (κ3) is 18.7. The van der Waals surface area contributed by atoms with E-state index < -0.39 is 16.6 Å². The molecule has 3 N–H and O–H groups in total. The Morgan fingerprint density at radius 3 is 1.56 bits per heavy atom. The third-order valence-electron chi connectivity index (χ3n) is 6.44. The fourth-order valence-corrected chi connectivity index (χ4v) is 3.76. The minimum Gasteiger partial charge on any atom is -0.413 e. The van der Waals surface area contributed by atoms with Crippen LogP contribution in [0.3, 0.4) is 0 Å². The summed E-state index contributed by atoms with van der Waals surface area (Å²) in [5.74, 6) is 0.185. The highest BCUT2D eigenvalue weighted by molar-refractivity contribution is 6.74. The molecule has 0 bridgehead atoms. The molecule has 8 nitrogen and oxygen atoms in total. The molecule has 0 aromatic heterocycles. The quantitative estimate of drug-likeness (QED) is 0.0479. The Hall–Kier alpha value is -1.49. The van der Waals surface area contributed by atoms with Gasteiger partial charge in [-0.25, -0.2) is 0 Å². The minimum atomic E-state index is -1.65. The number of nitrogens with two attached hydrogens (primary N) is 1. The number of nitriles is 1. The van der Waals surface area contributed by atoms with E-state index >= 15 is 0 Å². The number of ether oxygens (including phenoxy) is 2. The van der Waals surface area contributed by atoms with E-state index in [9.17, 15) is 0 Å². The van der Waals surface area contributed by atoms with Crippen molar-refractivity contribution in [2.24, 2.45) is 10.9 Å². The maximum Gasteiger partial charge on any atom is 0.192 e. The van der Waals surface area contributed by atoms with E-state index in [1.54, 1.807) is 0 Å². The molecule has 0 heterocycles. The first kappa shape index (κ1) is 36.7. The SMILES string of the molecule is CC(C)(C)[Si](C)(C)OC/C=C\COCC/C(N)=N\O.CC(C)(C)[Si](C)(C)OC/C=C\COCCC#N. The molecule has 0 radical (unpaired) electrons. The van der Waals surface area contributed by atoms with E-state index in [2.05, 4.69) is 72.9 Å². The monoisotopic (exact) mass is 543 g/mol. The van der Waals surface area contributed by atoms with Crippen LogP contribution in [0.4, 0.5) is 0 Å². The van der Waals surface area contributed by atoms with Crippen LogP contribution in [0.5, 0.6) is 0 Å². The normalized spacial score (nSPS) is 13.6.